The number of aliphatic carboxylic acids is 1. The molecule has 0 aliphatic carbocycles. The first kappa shape index (κ1) is 27.4. The van der Waals surface area contributed by atoms with Crippen LogP contribution in [0.25, 0.3) is 0 Å². The molecule has 1 unspecified atom stereocenters. The van der Waals surface area contributed by atoms with Gasteiger partial charge in [0.15, 0.2) is 0 Å². The van der Waals surface area contributed by atoms with Crippen molar-refractivity contribution in [2.45, 2.75) is 32.2 Å². The quantitative estimate of drug-likeness (QED) is 0.208. The molecule has 32 heavy (non-hydrogen) atoms. The van der Waals surface area contributed by atoms with Crippen molar-refractivity contribution in [2.75, 3.05) is 32.5 Å². The maximum atomic E-state index is 11.3. The largest absolute Gasteiger partial charge is 0.477 e. The fourth-order valence-corrected chi connectivity index (χ4v) is 3.78. The molecule has 1 saturated heterocycles. The molecule has 16 heteroatoms. The molecule has 0 saturated carbocycles. The van der Waals surface area contributed by atoms with Crippen molar-refractivity contribution >= 4 is 29.5 Å². The number of thioether (sulfide) groups is 1. The summed E-state index contributed by atoms with van der Waals surface area (Å²) in [6, 6.07) is 0. The van der Waals surface area contributed by atoms with Gasteiger partial charge in [0.25, 0.3) is 0 Å². The topological polar surface area (TPSA) is 201 Å². The first-order valence-corrected chi connectivity index (χ1v) is 10.6. The summed E-state index contributed by atoms with van der Waals surface area (Å²) >= 11 is 1.53. The lowest BCUT2D eigenvalue weighted by Gasteiger charge is -2.43. The highest BCUT2D eigenvalue weighted by molar-refractivity contribution is 8.00. The van der Waals surface area contributed by atoms with Gasteiger partial charge in [-0.05, 0) is 16.0 Å². The minimum Gasteiger partial charge on any atom is -0.477 e. The summed E-state index contributed by atoms with van der Waals surface area (Å²) in [6.45, 7) is 5.80. The number of carbonyl (C=O) groups is 3. The number of carbonyl (C=O) groups excluding carboxylic acids is 2. The Balaban J connectivity index is 0.000000262. The second kappa shape index (κ2) is 14.4. The Morgan fingerprint density at radius 3 is 2.50 bits per heavy atom. The molecule has 2 aliphatic rings. The van der Waals surface area contributed by atoms with E-state index < -0.39 is 5.97 Å². The van der Waals surface area contributed by atoms with Gasteiger partial charge in [-0.3, -0.25) is 14.5 Å². The van der Waals surface area contributed by atoms with Crippen LogP contribution in [0.1, 0.15) is 20.3 Å². The Labute approximate surface area is 188 Å². The van der Waals surface area contributed by atoms with Crippen LogP contribution in [0.5, 0.6) is 0 Å². The van der Waals surface area contributed by atoms with E-state index >= 15 is 0 Å². The molecule has 2 aliphatic heterocycles. The number of hydrazine groups is 1. The van der Waals surface area contributed by atoms with Gasteiger partial charge in [-0.25, -0.2) is 20.4 Å². The number of tetrazole rings is 1. The van der Waals surface area contributed by atoms with Gasteiger partial charge in [0, 0.05) is 25.9 Å². The Bertz CT molecular complexity index is 767. The Hall–Kier alpha value is -2.63. The molecular weight excluding hydrogens is 446 g/mol. The molecule has 0 aromatic carbocycles. The van der Waals surface area contributed by atoms with Gasteiger partial charge < -0.3 is 20.5 Å². The average Bonchev–Trinajstić information content (AvgIpc) is 3.28. The number of amides is 2. The van der Waals surface area contributed by atoms with Crippen LogP contribution in [-0.2, 0) is 25.8 Å². The normalized spacial score (nSPS) is 16.9. The van der Waals surface area contributed by atoms with Gasteiger partial charge in [0.2, 0.25) is 11.8 Å². The van der Waals surface area contributed by atoms with Crippen LogP contribution in [0.3, 0.4) is 0 Å². The maximum Gasteiger partial charge on any atom is 0.352 e. The van der Waals surface area contributed by atoms with E-state index in [4.69, 9.17) is 16.2 Å². The van der Waals surface area contributed by atoms with E-state index in [0.717, 1.165) is 13.1 Å². The number of likely N-dealkylation sites (N-methyl/N-ethyl adjacent to an activating group) is 1. The highest BCUT2D eigenvalue weighted by atomic mass is 32.2. The first-order valence-electron chi connectivity index (χ1n) is 9.59. The van der Waals surface area contributed by atoms with Gasteiger partial charge >= 0.3 is 5.97 Å². The van der Waals surface area contributed by atoms with Crippen molar-refractivity contribution in [1.29, 1.82) is 0 Å². The lowest BCUT2D eigenvalue weighted by molar-refractivity contribution is -0.146. The smallest absolute Gasteiger partial charge is 0.352 e. The highest BCUT2D eigenvalue weighted by Gasteiger charge is 2.45. The number of nitrogens with zero attached hydrogens (tertiary/aromatic N) is 6. The van der Waals surface area contributed by atoms with Gasteiger partial charge in [-0.2, -0.15) is 0 Å². The number of aromatic nitrogens is 4. The van der Waals surface area contributed by atoms with Crippen LogP contribution >= 0.6 is 11.8 Å². The Kier molecular flexibility index (Phi) is 12.4. The predicted molar refractivity (Wildman–Crippen MR) is 112 cm³/mol. The number of fused-ring (bicyclic) bond motifs is 1. The monoisotopic (exact) mass is 475 g/mol. The van der Waals surface area contributed by atoms with Gasteiger partial charge in [-0.1, -0.05) is 13.8 Å². The SMILES string of the molecule is CCN(CC)NO.CNC(=O)Cn1cnnn1.NOCC1=C(C(=O)O)N2C(=O)CC2SC1. The fourth-order valence-electron chi connectivity index (χ4n) is 2.53. The van der Waals surface area contributed by atoms with Gasteiger partial charge in [0.1, 0.15) is 18.6 Å². The van der Waals surface area contributed by atoms with E-state index in [1.807, 2.05) is 19.4 Å². The van der Waals surface area contributed by atoms with Crippen LogP contribution in [0, 0.1) is 0 Å². The number of carboxylic acid groups (broad SMARTS) is 1. The molecule has 1 aromatic heterocycles. The van der Waals surface area contributed by atoms with Crippen molar-refractivity contribution in [3.8, 4) is 0 Å². The third kappa shape index (κ3) is 8.13. The summed E-state index contributed by atoms with van der Waals surface area (Å²) in [6.07, 6.45) is 1.80. The summed E-state index contributed by atoms with van der Waals surface area (Å²) in [5.74, 6) is 4.09. The average molecular weight is 476 g/mol. The van der Waals surface area contributed by atoms with Crippen molar-refractivity contribution in [3.63, 3.8) is 0 Å². The molecule has 3 heterocycles. The number of rotatable bonds is 8. The van der Waals surface area contributed by atoms with Crippen LogP contribution in [0.2, 0.25) is 0 Å². The molecule has 15 nitrogen and oxygen atoms in total. The molecule has 1 fully saturated rings. The standard InChI is InChI=1S/C8H10N2O4S.C4H7N5O.C4H12N2O/c9-14-2-4-3-15-6-1-5(11)10(6)7(4)8(12)13;1-5-4(10)2-9-3-6-7-8-9;1-3-6(4-2)5-7/h6H,1-3,9H2,(H,12,13);3H,2H2,1H3,(H,5,10);5,7H,3-4H2,1-2H3. The van der Waals surface area contributed by atoms with E-state index in [1.54, 1.807) is 12.1 Å². The maximum absolute atomic E-state index is 11.3. The minimum absolute atomic E-state index is 0.0230. The molecule has 0 spiro atoms. The number of β-lactam (4-membered cyclic amide) rings is 1. The number of hydrogen-bond donors (Lipinski definition) is 5. The lowest BCUT2D eigenvalue weighted by Crippen LogP contribution is -2.54. The zero-order chi connectivity index (χ0) is 24.1. The Morgan fingerprint density at radius 2 is 2.09 bits per heavy atom. The second-order valence-corrected chi connectivity index (χ2v) is 7.42. The summed E-state index contributed by atoms with van der Waals surface area (Å²) in [7, 11) is 1.56. The summed E-state index contributed by atoms with van der Waals surface area (Å²) in [5.41, 5.74) is 2.63. The number of hydrogen-bond acceptors (Lipinski definition) is 12. The molecule has 3 rings (SSSR count). The molecular formula is C16H29N9O6S. The predicted octanol–water partition coefficient (Wildman–Crippen LogP) is -1.84. The van der Waals surface area contributed by atoms with Crippen molar-refractivity contribution in [3.05, 3.63) is 17.6 Å². The fraction of sp³-hybridized carbons (Fsp3) is 0.625. The van der Waals surface area contributed by atoms with Crippen LogP contribution in [0.15, 0.2) is 17.6 Å². The first-order chi connectivity index (χ1) is 15.3. The molecule has 180 valence electrons. The molecule has 6 N–H and O–H groups in total. The third-order valence-corrected chi connectivity index (χ3v) is 5.55. The van der Waals surface area contributed by atoms with Crippen LogP contribution in [-0.4, -0.2) is 96.1 Å². The molecule has 0 bridgehead atoms. The van der Waals surface area contributed by atoms with E-state index in [1.165, 1.54) is 27.7 Å². The van der Waals surface area contributed by atoms with E-state index in [2.05, 4.69) is 25.7 Å². The zero-order valence-corrected chi connectivity index (χ0v) is 18.9. The third-order valence-electron chi connectivity index (χ3n) is 4.27. The molecule has 1 atom stereocenters. The van der Waals surface area contributed by atoms with Crippen molar-refractivity contribution in [2.24, 2.45) is 5.90 Å². The second-order valence-electron chi connectivity index (χ2n) is 6.25. The van der Waals surface area contributed by atoms with Crippen LogP contribution < -0.4 is 16.8 Å². The molecule has 2 amide bonds. The molecule has 1 aromatic rings. The van der Waals surface area contributed by atoms with E-state index in [9.17, 15) is 14.4 Å². The zero-order valence-electron chi connectivity index (χ0n) is 18.1. The Morgan fingerprint density at radius 1 is 1.41 bits per heavy atom. The van der Waals surface area contributed by atoms with Crippen LogP contribution in [0.4, 0.5) is 0 Å². The summed E-state index contributed by atoms with van der Waals surface area (Å²) in [4.78, 5) is 38.7. The van der Waals surface area contributed by atoms with Crippen molar-refractivity contribution in [1.82, 2.24) is 41.0 Å². The lowest BCUT2D eigenvalue weighted by atomic mass is 10.1. The van der Waals surface area contributed by atoms with Gasteiger partial charge in [0.05, 0.1) is 18.4 Å². The number of nitrogens with one attached hydrogen (secondary N) is 2. The highest BCUT2D eigenvalue weighted by Crippen LogP contribution is 2.39. The minimum atomic E-state index is -1.10. The summed E-state index contributed by atoms with van der Waals surface area (Å²) in [5, 5.41) is 31.5. The molecule has 0 radical (unpaired) electrons. The number of carboxylic acids is 1. The van der Waals surface area contributed by atoms with Crippen molar-refractivity contribution < 1.29 is 29.5 Å². The van der Waals surface area contributed by atoms with E-state index in [0.29, 0.717) is 17.7 Å². The summed E-state index contributed by atoms with van der Waals surface area (Å²) < 4.78 is 1.35. The van der Waals surface area contributed by atoms with Gasteiger partial charge in [-0.15, -0.1) is 22.4 Å². The van der Waals surface area contributed by atoms with E-state index in [-0.39, 0.29) is 36.0 Å². The number of nitrogens with two attached hydrogens (primary N) is 1.